The number of nitro groups is 1. The molecule has 8 nitrogen and oxygen atoms in total. The molecule has 0 saturated heterocycles. The van der Waals surface area contributed by atoms with Crippen molar-refractivity contribution in [3.8, 4) is 0 Å². The van der Waals surface area contributed by atoms with Crippen LogP contribution >= 0.6 is 11.6 Å². The molecule has 0 atom stereocenters. The Kier molecular flexibility index (Phi) is 4.49. The minimum atomic E-state index is -0.632. The smallest absolute Gasteiger partial charge is 0.288 e. The molecule has 0 radical (unpaired) electrons. The Hall–Kier alpha value is -2.48. The topological polar surface area (TPSA) is 103 Å². The van der Waals surface area contributed by atoms with Crippen LogP contribution in [0.25, 0.3) is 0 Å². The van der Waals surface area contributed by atoms with Crippen molar-refractivity contribution >= 4 is 23.2 Å². The molecule has 1 aromatic carbocycles. The maximum atomic E-state index is 12.1. The Morgan fingerprint density at radius 1 is 1.52 bits per heavy atom. The lowest BCUT2D eigenvalue weighted by Crippen LogP contribution is -2.25. The number of benzene rings is 1. The van der Waals surface area contributed by atoms with E-state index < -0.39 is 10.8 Å². The number of amides is 1. The summed E-state index contributed by atoms with van der Waals surface area (Å²) < 4.78 is 1.77. The summed E-state index contributed by atoms with van der Waals surface area (Å²) in [7, 11) is 0. The van der Waals surface area contributed by atoms with Gasteiger partial charge in [-0.3, -0.25) is 14.9 Å². The zero-order chi connectivity index (χ0) is 15.4. The van der Waals surface area contributed by atoms with E-state index >= 15 is 0 Å². The van der Waals surface area contributed by atoms with Gasteiger partial charge in [-0.1, -0.05) is 17.7 Å². The van der Waals surface area contributed by atoms with Crippen LogP contribution in [0, 0.1) is 10.1 Å². The predicted octanol–water partition coefficient (Wildman–Crippen LogP) is 1.79. The van der Waals surface area contributed by atoms with E-state index in [9.17, 15) is 14.9 Å². The number of hydrogen-bond acceptors (Lipinski definition) is 5. The maximum absolute atomic E-state index is 12.1. The first-order chi connectivity index (χ1) is 10.0. The summed E-state index contributed by atoms with van der Waals surface area (Å²) >= 11 is 5.88. The minimum Gasteiger partial charge on any atom is -0.345 e. The Morgan fingerprint density at radius 2 is 2.29 bits per heavy atom. The molecule has 9 heteroatoms. The third-order valence-electron chi connectivity index (χ3n) is 2.86. The van der Waals surface area contributed by atoms with Gasteiger partial charge < -0.3 is 9.88 Å². The van der Waals surface area contributed by atoms with Crippen LogP contribution in [0.3, 0.4) is 0 Å². The molecule has 0 bridgehead atoms. The fraction of sp³-hybridized carbons (Fsp3) is 0.250. The maximum Gasteiger partial charge on any atom is 0.288 e. The van der Waals surface area contributed by atoms with Gasteiger partial charge in [-0.25, -0.2) is 0 Å². The van der Waals surface area contributed by atoms with Gasteiger partial charge in [0, 0.05) is 12.6 Å². The lowest BCUT2D eigenvalue weighted by atomic mass is 10.2. The molecular formula is C12H12ClN5O3. The molecule has 2 aromatic rings. The molecule has 1 aromatic heterocycles. The van der Waals surface area contributed by atoms with Crippen LogP contribution < -0.4 is 5.32 Å². The third-order valence-corrected chi connectivity index (χ3v) is 3.26. The first kappa shape index (κ1) is 14.9. The first-order valence-electron chi connectivity index (χ1n) is 6.12. The van der Waals surface area contributed by atoms with E-state index in [1.165, 1.54) is 18.2 Å². The Labute approximate surface area is 124 Å². The highest BCUT2D eigenvalue weighted by molar-refractivity contribution is 6.35. The predicted molar refractivity (Wildman–Crippen MR) is 75.0 cm³/mol. The van der Waals surface area contributed by atoms with Gasteiger partial charge >= 0.3 is 0 Å². The molecule has 0 aliphatic carbocycles. The summed E-state index contributed by atoms with van der Waals surface area (Å²) in [6.45, 7) is 2.76. The minimum absolute atomic E-state index is 0.0495. The molecule has 1 amide bonds. The molecule has 0 unspecified atom stereocenters. The van der Waals surface area contributed by atoms with Crippen LogP contribution in [-0.4, -0.2) is 25.6 Å². The molecule has 1 N–H and O–H groups in total. The molecule has 0 saturated carbocycles. The van der Waals surface area contributed by atoms with E-state index in [0.717, 1.165) is 0 Å². The van der Waals surface area contributed by atoms with Gasteiger partial charge in [0.25, 0.3) is 11.6 Å². The zero-order valence-electron chi connectivity index (χ0n) is 11.1. The average Bonchev–Trinajstić information content (AvgIpc) is 2.92. The van der Waals surface area contributed by atoms with Crippen LogP contribution in [0.2, 0.25) is 5.02 Å². The summed E-state index contributed by atoms with van der Waals surface area (Å²) in [5, 5.41) is 20.8. The van der Waals surface area contributed by atoms with Crippen molar-refractivity contribution in [1.29, 1.82) is 0 Å². The van der Waals surface area contributed by atoms with E-state index in [-0.39, 0.29) is 22.8 Å². The number of aryl methyl sites for hydroxylation is 1. The number of nitrogens with zero attached hydrogens (tertiary/aromatic N) is 4. The third kappa shape index (κ3) is 3.16. The summed E-state index contributed by atoms with van der Waals surface area (Å²) in [6.07, 6.45) is 1.56. The van der Waals surface area contributed by atoms with Crippen molar-refractivity contribution in [2.75, 3.05) is 0 Å². The quantitative estimate of drug-likeness (QED) is 0.670. The average molecular weight is 310 g/mol. The SMILES string of the molecule is CCn1cnnc1CNC(=O)c1cccc([N+](=O)[O-])c1Cl. The molecule has 110 valence electrons. The number of aromatic nitrogens is 3. The number of hydrogen-bond donors (Lipinski definition) is 1. The van der Waals surface area contributed by atoms with Crippen LogP contribution in [0.1, 0.15) is 23.1 Å². The number of nitrogens with one attached hydrogen (secondary N) is 1. The highest BCUT2D eigenvalue weighted by atomic mass is 35.5. The standard InChI is InChI=1S/C12H12ClN5O3/c1-2-17-7-15-16-10(17)6-14-12(19)8-4-3-5-9(11(8)13)18(20)21/h3-5,7H,2,6H2,1H3,(H,14,19). The number of halogens is 1. The highest BCUT2D eigenvalue weighted by Gasteiger charge is 2.20. The largest absolute Gasteiger partial charge is 0.345 e. The van der Waals surface area contributed by atoms with Crippen molar-refractivity contribution in [3.63, 3.8) is 0 Å². The van der Waals surface area contributed by atoms with Crippen LogP contribution in [0.15, 0.2) is 24.5 Å². The van der Waals surface area contributed by atoms with E-state index in [1.54, 1.807) is 10.9 Å². The Bertz CT molecular complexity index is 685. The van der Waals surface area contributed by atoms with Gasteiger partial charge in [0.2, 0.25) is 0 Å². The van der Waals surface area contributed by atoms with Gasteiger partial charge in [0.1, 0.15) is 11.3 Å². The number of nitro benzene ring substituents is 1. The van der Waals surface area contributed by atoms with Gasteiger partial charge in [-0.2, -0.15) is 0 Å². The number of rotatable bonds is 5. The number of carbonyl (C=O) groups is 1. The number of carbonyl (C=O) groups excluding carboxylic acids is 1. The molecule has 1 heterocycles. The van der Waals surface area contributed by atoms with Crippen molar-refractivity contribution in [1.82, 2.24) is 20.1 Å². The molecule has 0 spiro atoms. The van der Waals surface area contributed by atoms with Crippen molar-refractivity contribution < 1.29 is 9.72 Å². The van der Waals surface area contributed by atoms with E-state index in [1.807, 2.05) is 6.92 Å². The normalized spacial score (nSPS) is 10.4. The van der Waals surface area contributed by atoms with Crippen LogP contribution in [0.5, 0.6) is 0 Å². The second-order valence-corrected chi connectivity index (χ2v) is 4.49. The van der Waals surface area contributed by atoms with Crippen molar-refractivity contribution in [2.24, 2.45) is 0 Å². The molecule has 0 aliphatic heterocycles. The van der Waals surface area contributed by atoms with Gasteiger partial charge in [-0.05, 0) is 13.0 Å². The summed E-state index contributed by atoms with van der Waals surface area (Å²) in [6, 6.07) is 4.08. The molecular weight excluding hydrogens is 298 g/mol. The van der Waals surface area contributed by atoms with Gasteiger partial charge in [-0.15, -0.1) is 10.2 Å². The fourth-order valence-corrected chi connectivity index (χ4v) is 2.05. The van der Waals surface area contributed by atoms with E-state index in [0.29, 0.717) is 12.4 Å². The Morgan fingerprint density at radius 3 is 2.95 bits per heavy atom. The van der Waals surface area contributed by atoms with Crippen molar-refractivity contribution in [2.45, 2.75) is 20.0 Å². The highest BCUT2D eigenvalue weighted by Crippen LogP contribution is 2.27. The fourth-order valence-electron chi connectivity index (χ4n) is 1.77. The first-order valence-corrected chi connectivity index (χ1v) is 6.50. The summed E-state index contributed by atoms with van der Waals surface area (Å²) in [5.41, 5.74) is -0.255. The van der Waals surface area contributed by atoms with Crippen molar-refractivity contribution in [3.05, 3.63) is 51.1 Å². The molecule has 21 heavy (non-hydrogen) atoms. The molecule has 0 fully saturated rings. The monoisotopic (exact) mass is 309 g/mol. The van der Waals surface area contributed by atoms with Crippen LogP contribution in [0.4, 0.5) is 5.69 Å². The van der Waals surface area contributed by atoms with Crippen LogP contribution in [-0.2, 0) is 13.1 Å². The van der Waals surface area contributed by atoms with E-state index in [2.05, 4.69) is 15.5 Å². The van der Waals surface area contributed by atoms with Gasteiger partial charge in [0.15, 0.2) is 5.82 Å². The van der Waals surface area contributed by atoms with E-state index in [4.69, 9.17) is 11.6 Å². The second-order valence-electron chi connectivity index (χ2n) is 4.11. The lowest BCUT2D eigenvalue weighted by molar-refractivity contribution is -0.384. The molecule has 2 rings (SSSR count). The zero-order valence-corrected chi connectivity index (χ0v) is 11.9. The summed E-state index contributed by atoms with van der Waals surface area (Å²) in [4.78, 5) is 22.2. The second kappa shape index (κ2) is 6.31. The molecule has 0 aliphatic rings. The lowest BCUT2D eigenvalue weighted by Gasteiger charge is -2.07. The van der Waals surface area contributed by atoms with Gasteiger partial charge in [0.05, 0.1) is 17.0 Å². The summed E-state index contributed by atoms with van der Waals surface area (Å²) in [5.74, 6) is 0.0850. The Balaban J connectivity index is 2.14.